The molecule has 4 N–H and O–H groups in total. The topological polar surface area (TPSA) is 81.7 Å². The summed E-state index contributed by atoms with van der Waals surface area (Å²) in [5, 5.41) is 11.6. The number of aromatic nitrogens is 4. The molecule has 0 atom stereocenters. The maximum absolute atomic E-state index is 5.88. The Morgan fingerprint density at radius 2 is 2.14 bits per heavy atom. The quantitative estimate of drug-likeness (QED) is 0.536. The van der Waals surface area contributed by atoms with Crippen LogP contribution >= 0.6 is 0 Å². The number of nitrogens with zero attached hydrogens (tertiary/aromatic N) is 2. The zero-order valence-corrected chi connectivity index (χ0v) is 7.28. The second-order valence-corrected chi connectivity index (χ2v) is 3.11. The molecule has 0 bridgehead atoms. The number of aromatic amines is 2. The Kier molecular flexibility index (Phi) is 1.25. The molecule has 2 heterocycles. The second kappa shape index (κ2) is 2.41. The maximum atomic E-state index is 5.88. The predicted octanol–water partition coefficient (Wildman–Crippen LogP) is 0.507. The average Bonchev–Trinajstić information content (AvgIpc) is 2.65. The molecule has 0 aliphatic rings. The van der Waals surface area contributed by atoms with E-state index in [4.69, 9.17) is 5.73 Å². The lowest BCUT2D eigenvalue weighted by atomic mass is 10.1. The first-order valence-electron chi connectivity index (χ1n) is 4.25. The molecule has 3 rings (SSSR count). The van der Waals surface area contributed by atoms with Crippen LogP contribution in [0.25, 0.3) is 21.9 Å². The van der Waals surface area contributed by atoms with Gasteiger partial charge in [0.25, 0.3) is 0 Å². The van der Waals surface area contributed by atoms with Crippen LogP contribution in [0.4, 0.5) is 5.69 Å². The van der Waals surface area contributed by atoms with Gasteiger partial charge in [0, 0.05) is 12.1 Å². The van der Waals surface area contributed by atoms with Gasteiger partial charge in [-0.15, -0.1) is 0 Å². The van der Waals surface area contributed by atoms with E-state index in [0.717, 1.165) is 21.9 Å². The van der Waals surface area contributed by atoms with Crippen LogP contribution < -0.4 is 10.7 Å². The molecule has 0 amide bonds. The minimum atomic E-state index is 0.707. The van der Waals surface area contributed by atoms with Crippen molar-refractivity contribution >= 4 is 27.6 Å². The lowest BCUT2D eigenvalue weighted by Gasteiger charge is -1.95. The first kappa shape index (κ1) is 7.25. The standard InChI is InChI=1S/C9H7N5/c10-5-3-4-11-6-1-2-7-9(8(5)6)13-14-12-7/h1-4H,(H2,10,11)(H,12,13,14)/p+1. The summed E-state index contributed by atoms with van der Waals surface area (Å²) in [5.74, 6) is 0. The maximum Gasteiger partial charge on any atom is 0.215 e. The van der Waals surface area contributed by atoms with Crippen LogP contribution in [0.2, 0.25) is 0 Å². The van der Waals surface area contributed by atoms with Crippen LogP contribution in [-0.2, 0) is 0 Å². The van der Waals surface area contributed by atoms with E-state index in [0.29, 0.717) is 5.69 Å². The monoisotopic (exact) mass is 186 g/mol. The van der Waals surface area contributed by atoms with Gasteiger partial charge in [-0.3, -0.25) is 0 Å². The molecular weight excluding hydrogens is 178 g/mol. The predicted molar refractivity (Wildman–Crippen MR) is 52.4 cm³/mol. The Morgan fingerprint density at radius 3 is 3.07 bits per heavy atom. The number of anilines is 1. The van der Waals surface area contributed by atoms with E-state index >= 15 is 0 Å². The van der Waals surface area contributed by atoms with Crippen LogP contribution in [-0.4, -0.2) is 15.4 Å². The van der Waals surface area contributed by atoms with Crippen molar-refractivity contribution in [3.05, 3.63) is 24.4 Å². The van der Waals surface area contributed by atoms with Gasteiger partial charge in [-0.2, -0.15) is 15.4 Å². The lowest BCUT2D eigenvalue weighted by Crippen LogP contribution is -2.04. The van der Waals surface area contributed by atoms with Crippen LogP contribution in [0.3, 0.4) is 0 Å². The van der Waals surface area contributed by atoms with Crippen molar-refractivity contribution in [2.75, 3.05) is 5.73 Å². The number of rotatable bonds is 0. The SMILES string of the molecule is Nc1cc[nH+]c2ccc3n[nH]nc3c12. The highest BCUT2D eigenvalue weighted by molar-refractivity contribution is 6.06. The van der Waals surface area contributed by atoms with E-state index in [-0.39, 0.29) is 0 Å². The number of benzene rings is 1. The second-order valence-electron chi connectivity index (χ2n) is 3.11. The fourth-order valence-corrected chi connectivity index (χ4v) is 1.63. The minimum absolute atomic E-state index is 0.707. The number of nitrogens with two attached hydrogens (primary N) is 1. The fraction of sp³-hybridized carbons (Fsp3) is 0. The Bertz CT molecular complexity index is 613. The van der Waals surface area contributed by atoms with E-state index in [2.05, 4.69) is 20.4 Å². The van der Waals surface area contributed by atoms with Gasteiger partial charge in [0.1, 0.15) is 11.0 Å². The van der Waals surface area contributed by atoms with Gasteiger partial charge in [-0.25, -0.2) is 4.98 Å². The minimum Gasteiger partial charge on any atom is -0.398 e. The third-order valence-corrected chi connectivity index (χ3v) is 2.28. The molecule has 68 valence electrons. The number of hydrogen-bond donors (Lipinski definition) is 2. The molecule has 5 nitrogen and oxygen atoms in total. The first-order valence-corrected chi connectivity index (χ1v) is 4.25. The van der Waals surface area contributed by atoms with E-state index in [1.807, 2.05) is 24.4 Å². The summed E-state index contributed by atoms with van der Waals surface area (Å²) in [4.78, 5) is 3.11. The van der Waals surface area contributed by atoms with Crippen LogP contribution in [0.15, 0.2) is 24.4 Å². The first-order chi connectivity index (χ1) is 6.86. The molecule has 0 unspecified atom stereocenters. The van der Waals surface area contributed by atoms with Crippen molar-refractivity contribution in [2.45, 2.75) is 0 Å². The van der Waals surface area contributed by atoms with Crippen molar-refractivity contribution < 1.29 is 4.98 Å². The fourth-order valence-electron chi connectivity index (χ4n) is 1.63. The van der Waals surface area contributed by atoms with Crippen molar-refractivity contribution in [1.29, 1.82) is 0 Å². The van der Waals surface area contributed by atoms with Gasteiger partial charge < -0.3 is 5.73 Å². The zero-order valence-electron chi connectivity index (χ0n) is 7.28. The number of fused-ring (bicyclic) bond motifs is 3. The Balaban J connectivity index is 2.67. The van der Waals surface area contributed by atoms with E-state index in [9.17, 15) is 0 Å². The number of H-pyrrole nitrogens is 2. The summed E-state index contributed by atoms with van der Waals surface area (Å²) in [7, 11) is 0. The van der Waals surface area contributed by atoms with Gasteiger partial charge >= 0.3 is 0 Å². The Morgan fingerprint density at radius 1 is 1.21 bits per heavy atom. The molecule has 0 radical (unpaired) electrons. The van der Waals surface area contributed by atoms with Gasteiger partial charge in [0.05, 0.1) is 11.1 Å². The molecule has 2 aromatic heterocycles. The highest BCUT2D eigenvalue weighted by Gasteiger charge is 2.10. The summed E-state index contributed by atoms with van der Waals surface area (Å²) in [5.41, 5.74) is 9.18. The smallest absolute Gasteiger partial charge is 0.215 e. The molecule has 0 saturated carbocycles. The highest BCUT2D eigenvalue weighted by atomic mass is 15.3. The number of hydrogen-bond acceptors (Lipinski definition) is 3. The third kappa shape index (κ3) is 0.806. The molecular formula is C9H8N5+. The van der Waals surface area contributed by atoms with Crippen LogP contribution in [0, 0.1) is 0 Å². The van der Waals surface area contributed by atoms with E-state index < -0.39 is 0 Å². The molecule has 0 aliphatic heterocycles. The Labute approximate surface area is 78.9 Å². The van der Waals surface area contributed by atoms with Gasteiger partial charge in [0.15, 0.2) is 6.20 Å². The van der Waals surface area contributed by atoms with Gasteiger partial charge in [-0.05, 0) is 6.07 Å². The highest BCUT2D eigenvalue weighted by Crippen LogP contribution is 2.23. The van der Waals surface area contributed by atoms with Crippen molar-refractivity contribution in [1.82, 2.24) is 15.4 Å². The summed E-state index contributed by atoms with van der Waals surface area (Å²) in [6.07, 6.45) is 1.81. The normalized spacial score (nSPS) is 11.1. The largest absolute Gasteiger partial charge is 0.398 e. The molecule has 0 spiro atoms. The van der Waals surface area contributed by atoms with Crippen molar-refractivity contribution in [2.24, 2.45) is 0 Å². The molecule has 5 heteroatoms. The van der Waals surface area contributed by atoms with Gasteiger partial charge in [0.2, 0.25) is 5.52 Å². The van der Waals surface area contributed by atoms with Gasteiger partial charge in [-0.1, -0.05) is 0 Å². The molecule has 0 fully saturated rings. The van der Waals surface area contributed by atoms with E-state index in [1.54, 1.807) is 0 Å². The van der Waals surface area contributed by atoms with Crippen LogP contribution in [0.1, 0.15) is 0 Å². The molecule has 0 saturated heterocycles. The van der Waals surface area contributed by atoms with Crippen LogP contribution in [0.5, 0.6) is 0 Å². The third-order valence-electron chi connectivity index (χ3n) is 2.28. The summed E-state index contributed by atoms with van der Waals surface area (Å²) >= 11 is 0. The average molecular weight is 186 g/mol. The summed E-state index contributed by atoms with van der Waals surface area (Å²) < 4.78 is 0. The molecule has 0 aliphatic carbocycles. The zero-order chi connectivity index (χ0) is 9.54. The molecule has 3 aromatic rings. The van der Waals surface area contributed by atoms with Crippen molar-refractivity contribution in [3.63, 3.8) is 0 Å². The summed E-state index contributed by atoms with van der Waals surface area (Å²) in [6, 6.07) is 5.66. The molecule has 1 aromatic carbocycles. The number of nitrogen functional groups attached to an aromatic ring is 1. The summed E-state index contributed by atoms with van der Waals surface area (Å²) in [6.45, 7) is 0. The number of pyridine rings is 1. The van der Waals surface area contributed by atoms with Crippen molar-refractivity contribution in [3.8, 4) is 0 Å². The molecule has 14 heavy (non-hydrogen) atoms. The Hall–Kier alpha value is -2.17. The van der Waals surface area contributed by atoms with E-state index in [1.165, 1.54) is 0 Å². The lowest BCUT2D eigenvalue weighted by molar-refractivity contribution is -0.344. The number of nitrogens with one attached hydrogen (secondary N) is 2.